The third kappa shape index (κ3) is 5.62. The Kier molecular flexibility index (Phi) is 7.16. The molecule has 0 unspecified atom stereocenters. The summed E-state index contributed by atoms with van der Waals surface area (Å²) < 4.78 is 5.75. The van der Waals surface area contributed by atoms with Crippen molar-refractivity contribution in [1.29, 1.82) is 0 Å². The van der Waals surface area contributed by atoms with Crippen LogP contribution in [0.2, 0.25) is 0 Å². The highest BCUT2D eigenvalue weighted by Crippen LogP contribution is 2.24. The first-order valence-corrected chi connectivity index (χ1v) is 8.12. The van der Waals surface area contributed by atoms with E-state index in [-0.39, 0.29) is 25.2 Å². The first kappa shape index (κ1) is 17.9. The number of anilines is 2. The average molecular weight is 332 g/mol. The van der Waals surface area contributed by atoms with Crippen LogP contribution in [0.1, 0.15) is 38.3 Å². The lowest BCUT2D eigenvalue weighted by Crippen LogP contribution is -2.22. The zero-order valence-electron chi connectivity index (χ0n) is 13.9. The highest BCUT2D eigenvalue weighted by molar-refractivity contribution is 5.51. The number of nitrogens with two attached hydrogens (primary N) is 1. The molecule has 1 atom stereocenters. The molecule has 0 radical (unpaired) electrons. The van der Waals surface area contributed by atoms with Crippen molar-refractivity contribution in [3.63, 3.8) is 0 Å². The highest BCUT2D eigenvalue weighted by Gasteiger charge is 2.14. The molecule has 0 saturated heterocycles. The van der Waals surface area contributed by atoms with Crippen LogP contribution in [0, 0.1) is 0 Å². The van der Waals surface area contributed by atoms with E-state index >= 15 is 0 Å². The minimum absolute atomic E-state index is 0.100. The molecule has 8 heteroatoms. The number of ether oxygens (including phenoxy) is 1. The molecule has 2 heterocycles. The van der Waals surface area contributed by atoms with Crippen LogP contribution < -0.4 is 15.8 Å². The van der Waals surface area contributed by atoms with Crippen molar-refractivity contribution in [3.05, 3.63) is 30.2 Å². The maximum absolute atomic E-state index is 9.25. The monoisotopic (exact) mass is 332 g/mol. The van der Waals surface area contributed by atoms with Gasteiger partial charge in [0.15, 0.2) is 11.6 Å². The second-order valence-corrected chi connectivity index (χ2v) is 5.44. The zero-order chi connectivity index (χ0) is 17.2. The fourth-order valence-corrected chi connectivity index (χ4v) is 2.24. The third-order valence-corrected chi connectivity index (χ3v) is 3.50. The summed E-state index contributed by atoms with van der Waals surface area (Å²) >= 11 is 0. The van der Waals surface area contributed by atoms with E-state index in [1.54, 1.807) is 12.3 Å². The molecule has 0 fully saturated rings. The van der Waals surface area contributed by atoms with Gasteiger partial charge >= 0.3 is 0 Å². The first-order valence-electron chi connectivity index (χ1n) is 8.12. The van der Waals surface area contributed by atoms with Crippen molar-refractivity contribution in [3.8, 4) is 5.75 Å². The number of nitrogen functional groups attached to an aromatic ring is 1. The summed E-state index contributed by atoms with van der Waals surface area (Å²) in [4.78, 5) is 8.21. The van der Waals surface area contributed by atoms with Crippen LogP contribution in [0.4, 0.5) is 11.8 Å². The van der Waals surface area contributed by atoms with Crippen molar-refractivity contribution in [2.45, 2.75) is 45.3 Å². The van der Waals surface area contributed by atoms with Gasteiger partial charge in [-0.3, -0.25) is 0 Å². The van der Waals surface area contributed by atoms with Gasteiger partial charge < -0.3 is 20.9 Å². The third-order valence-electron chi connectivity index (χ3n) is 3.50. The van der Waals surface area contributed by atoms with E-state index in [0.717, 1.165) is 19.3 Å². The van der Waals surface area contributed by atoms with Gasteiger partial charge in [0.05, 0.1) is 6.20 Å². The lowest BCUT2D eigenvalue weighted by atomic mass is 10.1. The van der Waals surface area contributed by atoms with E-state index in [1.807, 2.05) is 6.07 Å². The molecule has 0 saturated carbocycles. The van der Waals surface area contributed by atoms with E-state index in [9.17, 15) is 5.11 Å². The fraction of sp³-hybridized carbons (Fsp3) is 0.500. The molecule has 130 valence electrons. The lowest BCUT2D eigenvalue weighted by molar-refractivity contribution is 0.275. The molecular weight excluding hydrogens is 308 g/mol. The second kappa shape index (κ2) is 9.61. The molecule has 0 amide bonds. The predicted octanol–water partition coefficient (Wildman–Crippen LogP) is 1.78. The quantitative estimate of drug-likeness (QED) is 0.602. The molecule has 0 bridgehead atoms. The van der Waals surface area contributed by atoms with Gasteiger partial charge in [0.2, 0.25) is 5.95 Å². The number of unbranched alkanes of at least 4 members (excludes halogenated alkanes) is 1. The van der Waals surface area contributed by atoms with Gasteiger partial charge in [-0.05, 0) is 25.0 Å². The van der Waals surface area contributed by atoms with Crippen molar-refractivity contribution in [2.75, 3.05) is 17.7 Å². The average Bonchev–Trinajstić information content (AvgIpc) is 2.60. The van der Waals surface area contributed by atoms with E-state index in [0.29, 0.717) is 23.7 Å². The van der Waals surface area contributed by atoms with Crippen molar-refractivity contribution >= 4 is 11.8 Å². The Morgan fingerprint density at radius 3 is 2.96 bits per heavy atom. The van der Waals surface area contributed by atoms with Gasteiger partial charge in [-0.25, -0.2) is 4.98 Å². The van der Waals surface area contributed by atoms with Crippen LogP contribution in [0.3, 0.4) is 0 Å². The Hall–Kier alpha value is -2.48. The number of hydrogen-bond donors (Lipinski definition) is 3. The van der Waals surface area contributed by atoms with Crippen molar-refractivity contribution < 1.29 is 9.84 Å². The largest absolute Gasteiger partial charge is 0.482 e. The minimum Gasteiger partial charge on any atom is -0.482 e. The number of rotatable bonds is 10. The van der Waals surface area contributed by atoms with Crippen LogP contribution in [-0.4, -0.2) is 37.9 Å². The molecular formula is C16H24N6O2. The van der Waals surface area contributed by atoms with Gasteiger partial charge in [0, 0.05) is 18.8 Å². The number of hydrogen-bond acceptors (Lipinski definition) is 8. The molecule has 0 spiro atoms. The maximum atomic E-state index is 9.25. The standard InChI is InChI=1S/C16H24N6O2/c1-2-3-5-12(7-9-23)20-15-14(10-18-16(17)21-15)24-11-13-6-4-8-19-22-13/h4,6,8,10,12,23H,2-3,5,7,9,11H2,1H3,(H3,17,18,20,21)/t12-/m0/s1. The second-order valence-electron chi connectivity index (χ2n) is 5.44. The van der Waals surface area contributed by atoms with Crippen molar-refractivity contribution in [1.82, 2.24) is 20.2 Å². The smallest absolute Gasteiger partial charge is 0.222 e. The summed E-state index contributed by atoms with van der Waals surface area (Å²) in [5.41, 5.74) is 6.40. The maximum Gasteiger partial charge on any atom is 0.222 e. The molecule has 0 aliphatic carbocycles. The Morgan fingerprint density at radius 2 is 2.25 bits per heavy atom. The lowest BCUT2D eigenvalue weighted by Gasteiger charge is -2.20. The van der Waals surface area contributed by atoms with Gasteiger partial charge in [0.25, 0.3) is 0 Å². The van der Waals surface area contributed by atoms with Gasteiger partial charge in [-0.15, -0.1) is 0 Å². The zero-order valence-corrected chi connectivity index (χ0v) is 13.9. The summed E-state index contributed by atoms with van der Waals surface area (Å²) in [6.07, 6.45) is 6.87. The Bertz CT molecular complexity index is 611. The number of aromatic nitrogens is 4. The number of nitrogens with zero attached hydrogens (tertiary/aromatic N) is 4. The molecule has 8 nitrogen and oxygen atoms in total. The van der Waals surface area contributed by atoms with E-state index < -0.39 is 0 Å². The van der Waals surface area contributed by atoms with E-state index in [2.05, 4.69) is 32.4 Å². The van der Waals surface area contributed by atoms with Crippen LogP contribution in [0.5, 0.6) is 5.75 Å². The Labute approximate surface area is 141 Å². The van der Waals surface area contributed by atoms with Crippen LogP contribution in [-0.2, 0) is 6.61 Å². The van der Waals surface area contributed by atoms with Gasteiger partial charge in [-0.1, -0.05) is 19.8 Å². The molecule has 2 rings (SSSR count). The summed E-state index contributed by atoms with van der Waals surface area (Å²) in [6.45, 7) is 2.50. The summed E-state index contributed by atoms with van der Waals surface area (Å²) in [5.74, 6) is 1.19. The topological polar surface area (TPSA) is 119 Å². The highest BCUT2D eigenvalue weighted by atomic mass is 16.5. The fourth-order valence-electron chi connectivity index (χ4n) is 2.24. The van der Waals surface area contributed by atoms with Gasteiger partial charge in [0.1, 0.15) is 12.3 Å². The molecule has 0 aliphatic heterocycles. The minimum atomic E-state index is 0.100. The van der Waals surface area contributed by atoms with Crippen molar-refractivity contribution in [2.24, 2.45) is 0 Å². The molecule has 2 aromatic heterocycles. The number of nitrogens with one attached hydrogen (secondary N) is 1. The number of aliphatic hydroxyl groups is 1. The first-order chi connectivity index (χ1) is 11.7. The van der Waals surface area contributed by atoms with Crippen LogP contribution in [0.25, 0.3) is 0 Å². The van der Waals surface area contributed by atoms with Crippen LogP contribution in [0.15, 0.2) is 24.5 Å². The Morgan fingerprint density at radius 1 is 1.38 bits per heavy atom. The molecule has 0 aliphatic rings. The normalized spacial score (nSPS) is 11.9. The summed E-state index contributed by atoms with van der Waals surface area (Å²) in [5, 5.41) is 20.3. The summed E-state index contributed by atoms with van der Waals surface area (Å²) in [6, 6.07) is 3.73. The van der Waals surface area contributed by atoms with E-state index in [4.69, 9.17) is 10.5 Å². The van der Waals surface area contributed by atoms with Gasteiger partial charge in [-0.2, -0.15) is 15.2 Å². The molecule has 0 aromatic carbocycles. The molecule has 24 heavy (non-hydrogen) atoms. The Balaban J connectivity index is 2.08. The van der Waals surface area contributed by atoms with Crippen LogP contribution >= 0.6 is 0 Å². The molecule has 4 N–H and O–H groups in total. The summed E-state index contributed by atoms with van der Waals surface area (Å²) in [7, 11) is 0. The molecule has 2 aromatic rings. The number of aliphatic hydroxyl groups excluding tert-OH is 1. The predicted molar refractivity (Wildman–Crippen MR) is 91.4 cm³/mol. The SMILES string of the molecule is CCCC[C@@H](CCO)Nc1nc(N)ncc1OCc1cccnn1. The van der Waals surface area contributed by atoms with E-state index in [1.165, 1.54) is 6.20 Å².